The summed E-state index contributed by atoms with van der Waals surface area (Å²) >= 11 is 3.34. The van der Waals surface area contributed by atoms with Gasteiger partial charge in [0.15, 0.2) is 0 Å². The van der Waals surface area contributed by atoms with Gasteiger partial charge in [0.1, 0.15) is 5.75 Å². The highest BCUT2D eigenvalue weighted by molar-refractivity contribution is 9.10. The first-order valence-electron chi connectivity index (χ1n) is 5.38. The van der Waals surface area contributed by atoms with Crippen molar-refractivity contribution < 1.29 is 5.11 Å². The number of aromatic hydroxyl groups is 1. The van der Waals surface area contributed by atoms with Gasteiger partial charge < -0.3 is 10.4 Å². The molecule has 2 rings (SSSR count). The maximum absolute atomic E-state index is 9.69. The highest BCUT2D eigenvalue weighted by atomic mass is 79.9. The van der Waals surface area contributed by atoms with Crippen molar-refractivity contribution in [3.63, 3.8) is 0 Å². The van der Waals surface area contributed by atoms with E-state index in [1.54, 1.807) is 0 Å². The first-order valence-corrected chi connectivity index (χ1v) is 6.17. The molecule has 0 aliphatic carbocycles. The first-order chi connectivity index (χ1) is 7.18. The summed E-state index contributed by atoms with van der Waals surface area (Å²) < 4.78 is 0.790. The summed E-state index contributed by atoms with van der Waals surface area (Å²) in [6.45, 7) is 4.28. The van der Waals surface area contributed by atoms with Gasteiger partial charge in [0.25, 0.3) is 0 Å². The lowest BCUT2D eigenvalue weighted by atomic mass is 9.87. The fourth-order valence-electron chi connectivity index (χ4n) is 2.25. The summed E-state index contributed by atoms with van der Waals surface area (Å²) in [5.41, 5.74) is 2.57. The van der Waals surface area contributed by atoms with Crippen LogP contribution in [0.15, 0.2) is 16.6 Å². The van der Waals surface area contributed by atoms with Crippen LogP contribution >= 0.6 is 15.9 Å². The number of phenolic OH excluding ortho intramolecular Hbond substituents is 1. The smallest absolute Gasteiger partial charge is 0.130 e. The molecule has 0 bridgehead atoms. The summed E-state index contributed by atoms with van der Waals surface area (Å²) in [5, 5.41) is 13.1. The normalized spacial score (nSPS) is 18.0. The van der Waals surface area contributed by atoms with Crippen LogP contribution in [0, 0.1) is 6.92 Å². The summed E-state index contributed by atoms with van der Waals surface area (Å²) in [5.74, 6) is 0.958. The lowest BCUT2D eigenvalue weighted by Gasteiger charge is -2.24. The average molecular weight is 270 g/mol. The van der Waals surface area contributed by atoms with Gasteiger partial charge in [-0.25, -0.2) is 0 Å². The SMILES string of the molecule is Cc1cc(Br)c(O)cc1C1CCNCC1. The molecule has 1 saturated heterocycles. The van der Waals surface area contributed by atoms with Crippen LogP contribution < -0.4 is 5.32 Å². The van der Waals surface area contributed by atoms with Crippen LogP contribution in [-0.4, -0.2) is 18.2 Å². The van der Waals surface area contributed by atoms with Gasteiger partial charge >= 0.3 is 0 Å². The van der Waals surface area contributed by atoms with Crippen LogP contribution in [0.5, 0.6) is 5.75 Å². The fraction of sp³-hybridized carbons (Fsp3) is 0.500. The molecule has 1 heterocycles. The maximum atomic E-state index is 9.69. The zero-order valence-electron chi connectivity index (χ0n) is 8.89. The van der Waals surface area contributed by atoms with Crippen molar-refractivity contribution in [2.24, 2.45) is 0 Å². The summed E-state index contributed by atoms with van der Waals surface area (Å²) in [6.07, 6.45) is 2.34. The zero-order valence-corrected chi connectivity index (χ0v) is 10.5. The molecule has 0 spiro atoms. The largest absolute Gasteiger partial charge is 0.507 e. The van der Waals surface area contributed by atoms with E-state index in [4.69, 9.17) is 0 Å². The van der Waals surface area contributed by atoms with Gasteiger partial charge in [-0.3, -0.25) is 0 Å². The lowest BCUT2D eigenvalue weighted by Crippen LogP contribution is -2.26. The van der Waals surface area contributed by atoms with Gasteiger partial charge in [-0.05, 0) is 78.0 Å². The number of nitrogens with one attached hydrogen (secondary N) is 1. The molecule has 1 aromatic rings. The molecular weight excluding hydrogens is 254 g/mol. The predicted molar refractivity (Wildman–Crippen MR) is 65.4 cm³/mol. The van der Waals surface area contributed by atoms with E-state index in [1.165, 1.54) is 24.0 Å². The van der Waals surface area contributed by atoms with Crippen molar-refractivity contribution in [2.45, 2.75) is 25.7 Å². The Kier molecular flexibility index (Phi) is 3.32. The van der Waals surface area contributed by atoms with E-state index in [-0.39, 0.29) is 0 Å². The van der Waals surface area contributed by atoms with Gasteiger partial charge in [0.2, 0.25) is 0 Å². The number of phenols is 1. The Hall–Kier alpha value is -0.540. The minimum atomic E-state index is 0.356. The number of hydrogen-bond acceptors (Lipinski definition) is 2. The molecule has 2 nitrogen and oxygen atoms in total. The van der Waals surface area contributed by atoms with Crippen molar-refractivity contribution >= 4 is 15.9 Å². The Labute approximate surface area is 98.8 Å². The van der Waals surface area contributed by atoms with Crippen molar-refractivity contribution in [3.8, 4) is 5.75 Å². The van der Waals surface area contributed by atoms with Crippen LogP contribution in [0.3, 0.4) is 0 Å². The molecule has 82 valence electrons. The molecular formula is C12H16BrNO. The van der Waals surface area contributed by atoms with Crippen molar-refractivity contribution in [1.29, 1.82) is 0 Å². The second kappa shape index (κ2) is 4.54. The zero-order chi connectivity index (χ0) is 10.8. The van der Waals surface area contributed by atoms with E-state index < -0.39 is 0 Å². The van der Waals surface area contributed by atoms with Gasteiger partial charge in [-0.1, -0.05) is 0 Å². The highest BCUT2D eigenvalue weighted by Crippen LogP contribution is 2.34. The van der Waals surface area contributed by atoms with E-state index >= 15 is 0 Å². The Bertz CT molecular complexity index is 359. The van der Waals surface area contributed by atoms with Crippen molar-refractivity contribution in [1.82, 2.24) is 5.32 Å². The molecule has 0 aromatic heterocycles. The van der Waals surface area contributed by atoms with Crippen LogP contribution in [0.2, 0.25) is 0 Å². The number of rotatable bonds is 1. The standard InChI is InChI=1S/C12H16BrNO/c1-8-6-11(13)12(15)7-10(8)9-2-4-14-5-3-9/h6-7,9,14-15H,2-5H2,1H3. The minimum Gasteiger partial charge on any atom is -0.507 e. The molecule has 2 N–H and O–H groups in total. The van der Waals surface area contributed by atoms with Crippen molar-refractivity contribution in [3.05, 3.63) is 27.7 Å². The quantitative estimate of drug-likeness (QED) is 0.822. The summed E-state index contributed by atoms with van der Waals surface area (Å²) in [4.78, 5) is 0. The average Bonchev–Trinajstić information content (AvgIpc) is 2.25. The van der Waals surface area contributed by atoms with Crippen LogP contribution in [-0.2, 0) is 0 Å². The minimum absolute atomic E-state index is 0.356. The molecule has 0 unspecified atom stereocenters. The third kappa shape index (κ3) is 2.34. The van der Waals surface area contributed by atoms with Gasteiger partial charge in [-0.15, -0.1) is 0 Å². The molecule has 1 aliphatic rings. The molecule has 1 aliphatic heterocycles. The lowest BCUT2D eigenvalue weighted by molar-refractivity contribution is 0.449. The second-order valence-corrected chi connectivity index (χ2v) is 5.04. The van der Waals surface area contributed by atoms with Gasteiger partial charge in [0.05, 0.1) is 4.47 Å². The van der Waals surface area contributed by atoms with E-state index in [2.05, 4.69) is 28.2 Å². The molecule has 1 aromatic carbocycles. The van der Waals surface area contributed by atoms with Gasteiger partial charge in [0, 0.05) is 0 Å². The topological polar surface area (TPSA) is 32.3 Å². The molecule has 0 atom stereocenters. The number of halogens is 1. The van der Waals surface area contributed by atoms with E-state index in [9.17, 15) is 5.11 Å². The molecule has 0 amide bonds. The van der Waals surface area contributed by atoms with Crippen LogP contribution in [0.4, 0.5) is 0 Å². The highest BCUT2D eigenvalue weighted by Gasteiger charge is 2.18. The third-order valence-electron chi connectivity index (χ3n) is 3.11. The second-order valence-electron chi connectivity index (χ2n) is 4.18. The Morgan fingerprint density at radius 2 is 2.00 bits per heavy atom. The summed E-state index contributed by atoms with van der Waals surface area (Å²) in [7, 11) is 0. The molecule has 0 radical (unpaired) electrons. The van der Waals surface area contributed by atoms with E-state index in [0.29, 0.717) is 11.7 Å². The molecule has 0 saturated carbocycles. The fourth-order valence-corrected chi connectivity index (χ4v) is 2.71. The molecule has 15 heavy (non-hydrogen) atoms. The van der Waals surface area contributed by atoms with Crippen LogP contribution in [0.25, 0.3) is 0 Å². The monoisotopic (exact) mass is 269 g/mol. The number of piperidine rings is 1. The Balaban J connectivity index is 2.30. The molecule has 1 fully saturated rings. The number of hydrogen-bond donors (Lipinski definition) is 2. The number of aryl methyl sites for hydroxylation is 1. The predicted octanol–water partition coefficient (Wildman–Crippen LogP) is 2.93. The Morgan fingerprint density at radius 3 is 2.67 bits per heavy atom. The summed E-state index contributed by atoms with van der Waals surface area (Å²) in [6, 6.07) is 3.92. The maximum Gasteiger partial charge on any atom is 0.130 e. The van der Waals surface area contributed by atoms with E-state index in [0.717, 1.165) is 17.6 Å². The molecule has 3 heteroatoms. The third-order valence-corrected chi connectivity index (χ3v) is 3.75. The number of benzene rings is 1. The Morgan fingerprint density at radius 1 is 1.33 bits per heavy atom. The van der Waals surface area contributed by atoms with E-state index in [1.807, 2.05) is 12.1 Å². The van der Waals surface area contributed by atoms with Crippen LogP contribution in [0.1, 0.15) is 29.9 Å². The van der Waals surface area contributed by atoms with Gasteiger partial charge in [-0.2, -0.15) is 0 Å². The first kappa shape index (κ1) is 11.0. The van der Waals surface area contributed by atoms with Crippen molar-refractivity contribution in [2.75, 3.05) is 13.1 Å².